The van der Waals surface area contributed by atoms with Crippen molar-refractivity contribution in [2.45, 2.75) is 51.6 Å². The summed E-state index contributed by atoms with van der Waals surface area (Å²) < 4.78 is 0. The molecule has 1 aliphatic carbocycles. The second-order valence-electron chi connectivity index (χ2n) is 5.05. The first-order chi connectivity index (χ1) is 9.02. The van der Waals surface area contributed by atoms with Crippen molar-refractivity contribution in [2.75, 3.05) is 11.5 Å². The van der Waals surface area contributed by atoms with E-state index in [0.29, 0.717) is 12.8 Å². The van der Waals surface area contributed by atoms with Gasteiger partial charge < -0.3 is 15.7 Å². The molecule has 0 heterocycles. The molecular weight excluding hydrogens is 264 g/mol. The smallest absolute Gasteiger partial charge is 0.315 e. The monoisotopic (exact) mass is 288 g/mol. The molecule has 0 aromatic heterocycles. The fourth-order valence-electron chi connectivity index (χ4n) is 2.26. The van der Waals surface area contributed by atoms with Crippen molar-refractivity contribution >= 4 is 23.8 Å². The third-order valence-corrected chi connectivity index (χ3v) is 4.33. The molecule has 5 nitrogen and oxygen atoms in total. The molecule has 0 aromatic carbocycles. The van der Waals surface area contributed by atoms with Crippen molar-refractivity contribution in [3.8, 4) is 0 Å². The molecule has 0 aromatic rings. The van der Waals surface area contributed by atoms with E-state index in [0.717, 1.165) is 24.3 Å². The summed E-state index contributed by atoms with van der Waals surface area (Å²) >= 11 is 1.86. The highest BCUT2D eigenvalue weighted by Gasteiger charge is 2.30. The molecule has 6 heteroatoms. The highest BCUT2D eigenvalue weighted by atomic mass is 32.2. The van der Waals surface area contributed by atoms with Gasteiger partial charge in [-0.15, -0.1) is 0 Å². The predicted molar refractivity (Wildman–Crippen MR) is 77.5 cm³/mol. The minimum absolute atomic E-state index is 0.00156. The van der Waals surface area contributed by atoms with Gasteiger partial charge in [-0.3, -0.25) is 4.79 Å². The SMILES string of the molecule is CCSCCC(C)NC(=O)N[C@H]1CC[C@@H](C(=O)O)C1. The van der Waals surface area contributed by atoms with E-state index in [4.69, 9.17) is 5.11 Å². The molecule has 110 valence electrons. The van der Waals surface area contributed by atoms with Gasteiger partial charge in [-0.2, -0.15) is 11.8 Å². The third-order valence-electron chi connectivity index (χ3n) is 3.39. The van der Waals surface area contributed by atoms with E-state index in [1.54, 1.807) is 0 Å². The van der Waals surface area contributed by atoms with E-state index in [1.807, 2.05) is 18.7 Å². The Labute approximate surface area is 118 Å². The summed E-state index contributed by atoms with van der Waals surface area (Å²) in [7, 11) is 0. The van der Waals surface area contributed by atoms with Gasteiger partial charge >= 0.3 is 12.0 Å². The zero-order chi connectivity index (χ0) is 14.3. The number of thioether (sulfide) groups is 1. The van der Waals surface area contributed by atoms with Crippen LogP contribution in [0.2, 0.25) is 0 Å². The molecule has 1 fully saturated rings. The number of aliphatic carboxylic acids is 1. The Bertz CT molecular complexity index is 312. The van der Waals surface area contributed by atoms with E-state index < -0.39 is 5.97 Å². The molecule has 0 aliphatic heterocycles. The second-order valence-corrected chi connectivity index (χ2v) is 6.44. The third kappa shape index (κ3) is 6.18. The molecule has 0 radical (unpaired) electrons. The Morgan fingerprint density at radius 3 is 2.74 bits per heavy atom. The molecule has 1 saturated carbocycles. The van der Waals surface area contributed by atoms with Gasteiger partial charge in [-0.25, -0.2) is 4.79 Å². The Morgan fingerprint density at radius 1 is 1.42 bits per heavy atom. The lowest BCUT2D eigenvalue weighted by molar-refractivity contribution is -0.141. The number of nitrogens with one attached hydrogen (secondary N) is 2. The molecular formula is C13H24N2O3S. The highest BCUT2D eigenvalue weighted by molar-refractivity contribution is 7.99. The maximum atomic E-state index is 11.7. The number of rotatable bonds is 7. The van der Waals surface area contributed by atoms with Gasteiger partial charge in [0.1, 0.15) is 0 Å². The predicted octanol–water partition coefficient (Wildman–Crippen LogP) is 2.07. The molecule has 1 unspecified atom stereocenters. The van der Waals surface area contributed by atoms with Crippen LogP contribution in [0, 0.1) is 5.92 Å². The summed E-state index contributed by atoms with van der Waals surface area (Å²) in [6, 6.07) is -0.0286. The number of carboxylic acids is 1. The molecule has 19 heavy (non-hydrogen) atoms. The van der Waals surface area contributed by atoms with Crippen LogP contribution < -0.4 is 10.6 Å². The molecule has 3 N–H and O–H groups in total. The first-order valence-electron chi connectivity index (χ1n) is 6.90. The van der Waals surface area contributed by atoms with E-state index >= 15 is 0 Å². The Morgan fingerprint density at radius 2 is 2.16 bits per heavy atom. The maximum Gasteiger partial charge on any atom is 0.315 e. The molecule has 0 saturated heterocycles. The van der Waals surface area contributed by atoms with Gasteiger partial charge in [0.25, 0.3) is 0 Å². The minimum atomic E-state index is -0.755. The van der Waals surface area contributed by atoms with Crippen molar-refractivity contribution in [1.82, 2.24) is 10.6 Å². The zero-order valence-electron chi connectivity index (χ0n) is 11.6. The molecule has 3 atom stereocenters. The summed E-state index contributed by atoms with van der Waals surface area (Å²) in [5, 5.41) is 14.7. The summed E-state index contributed by atoms with van der Waals surface area (Å²) in [6.45, 7) is 4.11. The zero-order valence-corrected chi connectivity index (χ0v) is 12.5. The van der Waals surface area contributed by atoms with Gasteiger partial charge in [-0.05, 0) is 44.1 Å². The van der Waals surface area contributed by atoms with Crippen LogP contribution in [-0.4, -0.2) is 40.7 Å². The topological polar surface area (TPSA) is 78.4 Å². The fourth-order valence-corrected chi connectivity index (χ4v) is 3.07. The molecule has 2 amide bonds. The standard InChI is InChI=1S/C13H24N2O3S/c1-3-19-7-6-9(2)14-13(18)15-11-5-4-10(8-11)12(16)17/h9-11H,3-8H2,1-2H3,(H,16,17)(H2,14,15,18)/t9?,10-,11+/m1/s1. The Kier molecular flexibility index (Phi) is 7.05. The van der Waals surface area contributed by atoms with Gasteiger partial charge in [0, 0.05) is 12.1 Å². The van der Waals surface area contributed by atoms with Gasteiger partial charge in [0.2, 0.25) is 0 Å². The van der Waals surface area contributed by atoms with Gasteiger partial charge in [0.15, 0.2) is 0 Å². The van der Waals surface area contributed by atoms with Gasteiger partial charge in [0.05, 0.1) is 5.92 Å². The lowest BCUT2D eigenvalue weighted by Crippen LogP contribution is -2.44. The van der Waals surface area contributed by atoms with E-state index in [1.165, 1.54) is 0 Å². The van der Waals surface area contributed by atoms with Crippen LogP contribution in [-0.2, 0) is 4.79 Å². The van der Waals surface area contributed by atoms with E-state index in [-0.39, 0.29) is 24.0 Å². The maximum absolute atomic E-state index is 11.7. The Balaban J connectivity index is 2.19. The normalized spacial score (nSPS) is 23.9. The lowest BCUT2D eigenvalue weighted by atomic mass is 10.1. The second kappa shape index (κ2) is 8.30. The molecule has 0 bridgehead atoms. The van der Waals surface area contributed by atoms with Crippen molar-refractivity contribution in [3.63, 3.8) is 0 Å². The Hall–Kier alpha value is -0.910. The first-order valence-corrected chi connectivity index (χ1v) is 8.06. The average Bonchev–Trinajstić information content (AvgIpc) is 2.77. The van der Waals surface area contributed by atoms with Crippen LogP contribution in [0.15, 0.2) is 0 Å². The number of carboxylic acid groups (broad SMARTS) is 1. The highest BCUT2D eigenvalue weighted by Crippen LogP contribution is 2.25. The largest absolute Gasteiger partial charge is 0.481 e. The fraction of sp³-hybridized carbons (Fsp3) is 0.846. The first kappa shape index (κ1) is 16.1. The van der Waals surface area contributed by atoms with E-state index in [9.17, 15) is 9.59 Å². The van der Waals surface area contributed by atoms with Crippen molar-refractivity contribution < 1.29 is 14.7 Å². The molecule has 1 aliphatic rings. The van der Waals surface area contributed by atoms with Crippen LogP contribution in [0.1, 0.15) is 39.5 Å². The number of amides is 2. The summed E-state index contributed by atoms with van der Waals surface area (Å²) in [5.41, 5.74) is 0. The van der Waals surface area contributed by atoms with Crippen LogP contribution in [0.5, 0.6) is 0 Å². The number of carbonyl (C=O) groups excluding carboxylic acids is 1. The average molecular weight is 288 g/mol. The number of urea groups is 1. The van der Waals surface area contributed by atoms with E-state index in [2.05, 4.69) is 17.6 Å². The quantitative estimate of drug-likeness (QED) is 0.627. The molecule has 0 spiro atoms. The van der Waals surface area contributed by atoms with Gasteiger partial charge in [-0.1, -0.05) is 6.92 Å². The number of hydrogen-bond acceptors (Lipinski definition) is 3. The van der Waals surface area contributed by atoms with Crippen molar-refractivity contribution in [1.29, 1.82) is 0 Å². The minimum Gasteiger partial charge on any atom is -0.481 e. The van der Waals surface area contributed by atoms with Crippen LogP contribution in [0.4, 0.5) is 4.79 Å². The van der Waals surface area contributed by atoms with Crippen LogP contribution >= 0.6 is 11.8 Å². The number of carbonyl (C=O) groups is 2. The lowest BCUT2D eigenvalue weighted by Gasteiger charge is -2.17. The van der Waals surface area contributed by atoms with Crippen molar-refractivity contribution in [3.05, 3.63) is 0 Å². The summed E-state index contributed by atoms with van der Waals surface area (Å²) in [5.74, 6) is 1.08. The van der Waals surface area contributed by atoms with Crippen molar-refractivity contribution in [2.24, 2.45) is 5.92 Å². The summed E-state index contributed by atoms with van der Waals surface area (Å²) in [4.78, 5) is 22.6. The summed E-state index contributed by atoms with van der Waals surface area (Å²) in [6.07, 6.45) is 2.91. The molecule has 1 rings (SSSR count). The van der Waals surface area contributed by atoms with Crippen LogP contribution in [0.3, 0.4) is 0 Å². The number of hydrogen-bond donors (Lipinski definition) is 3. The van der Waals surface area contributed by atoms with Crippen LogP contribution in [0.25, 0.3) is 0 Å².